The van der Waals surface area contributed by atoms with Crippen LogP contribution in [0.3, 0.4) is 0 Å². The molecule has 0 aliphatic carbocycles. The fourth-order valence-electron chi connectivity index (χ4n) is 3.16. The van der Waals surface area contributed by atoms with Crippen molar-refractivity contribution in [3.63, 3.8) is 0 Å². The molecular formula is C23H23N5OS. The fourth-order valence-corrected chi connectivity index (χ4v) is 3.96. The Kier molecular flexibility index (Phi) is 6.29. The van der Waals surface area contributed by atoms with Crippen molar-refractivity contribution in [3.8, 4) is 22.0 Å². The standard InChI is InChI=1S/C23H23N5OS/c1-28(13-7-10-18-14-21(27-26-18)17-8-3-2-4-9-17)22(29)15-19-16-30-23(25-19)20-11-5-6-12-24-20/h2-6,8-9,11-12,14,16H,7,10,13,15H2,1H3,(H,26,27). The van der Waals surface area contributed by atoms with Crippen LogP contribution in [0.1, 0.15) is 17.8 Å². The number of benzene rings is 1. The zero-order chi connectivity index (χ0) is 20.8. The highest BCUT2D eigenvalue weighted by Crippen LogP contribution is 2.22. The zero-order valence-corrected chi connectivity index (χ0v) is 17.6. The quantitative estimate of drug-likeness (QED) is 0.466. The van der Waals surface area contributed by atoms with Crippen molar-refractivity contribution in [2.75, 3.05) is 13.6 Å². The number of aromatic amines is 1. The number of nitrogens with zero attached hydrogens (tertiary/aromatic N) is 4. The molecule has 3 heterocycles. The smallest absolute Gasteiger partial charge is 0.228 e. The molecule has 6 nitrogen and oxygen atoms in total. The molecular weight excluding hydrogens is 394 g/mol. The number of hydrogen-bond acceptors (Lipinski definition) is 5. The second-order valence-electron chi connectivity index (χ2n) is 7.10. The lowest BCUT2D eigenvalue weighted by atomic mass is 10.1. The molecule has 1 N–H and O–H groups in total. The summed E-state index contributed by atoms with van der Waals surface area (Å²) in [4.78, 5) is 23.2. The Bertz CT molecular complexity index is 1090. The van der Waals surface area contributed by atoms with Crippen LogP contribution in [0.5, 0.6) is 0 Å². The van der Waals surface area contributed by atoms with E-state index in [1.807, 2.05) is 61.0 Å². The van der Waals surface area contributed by atoms with Gasteiger partial charge in [-0.2, -0.15) is 5.10 Å². The molecule has 0 fully saturated rings. The van der Waals surface area contributed by atoms with Crippen LogP contribution in [-0.2, 0) is 17.6 Å². The first-order valence-corrected chi connectivity index (χ1v) is 10.8. The van der Waals surface area contributed by atoms with Gasteiger partial charge in [-0.05, 0) is 31.0 Å². The minimum absolute atomic E-state index is 0.0717. The summed E-state index contributed by atoms with van der Waals surface area (Å²) in [5.74, 6) is 0.0717. The van der Waals surface area contributed by atoms with Crippen LogP contribution < -0.4 is 0 Å². The highest BCUT2D eigenvalue weighted by molar-refractivity contribution is 7.13. The Hall–Kier alpha value is -3.32. The molecule has 1 amide bonds. The largest absolute Gasteiger partial charge is 0.345 e. The summed E-state index contributed by atoms with van der Waals surface area (Å²) in [7, 11) is 1.84. The second kappa shape index (κ2) is 9.45. The predicted molar refractivity (Wildman–Crippen MR) is 119 cm³/mol. The van der Waals surface area contributed by atoms with Crippen molar-refractivity contribution in [1.82, 2.24) is 25.1 Å². The van der Waals surface area contributed by atoms with Gasteiger partial charge < -0.3 is 4.90 Å². The van der Waals surface area contributed by atoms with Gasteiger partial charge in [0.25, 0.3) is 0 Å². The second-order valence-corrected chi connectivity index (χ2v) is 7.96. The number of H-pyrrole nitrogens is 1. The van der Waals surface area contributed by atoms with E-state index in [1.54, 1.807) is 11.1 Å². The first-order valence-electron chi connectivity index (χ1n) is 9.88. The van der Waals surface area contributed by atoms with Gasteiger partial charge >= 0.3 is 0 Å². The van der Waals surface area contributed by atoms with E-state index in [4.69, 9.17) is 0 Å². The third-order valence-corrected chi connectivity index (χ3v) is 5.75. The summed E-state index contributed by atoms with van der Waals surface area (Å²) in [5.41, 5.74) is 4.75. The van der Waals surface area contributed by atoms with Gasteiger partial charge in [0.05, 0.1) is 23.5 Å². The Morgan fingerprint density at radius 2 is 1.93 bits per heavy atom. The van der Waals surface area contributed by atoms with Crippen molar-refractivity contribution in [2.24, 2.45) is 0 Å². The average Bonchev–Trinajstić information content (AvgIpc) is 3.45. The van der Waals surface area contributed by atoms with E-state index in [9.17, 15) is 4.79 Å². The first-order chi connectivity index (χ1) is 14.7. The third-order valence-electron chi connectivity index (χ3n) is 4.83. The van der Waals surface area contributed by atoms with Crippen molar-refractivity contribution in [2.45, 2.75) is 19.3 Å². The van der Waals surface area contributed by atoms with Gasteiger partial charge in [0.15, 0.2) is 0 Å². The Labute approximate surface area is 179 Å². The summed E-state index contributed by atoms with van der Waals surface area (Å²) >= 11 is 1.52. The molecule has 7 heteroatoms. The number of rotatable bonds is 8. The van der Waals surface area contributed by atoms with Crippen LogP contribution in [-0.4, -0.2) is 44.6 Å². The molecule has 0 unspecified atom stereocenters. The minimum Gasteiger partial charge on any atom is -0.345 e. The molecule has 152 valence electrons. The highest BCUT2D eigenvalue weighted by atomic mass is 32.1. The lowest BCUT2D eigenvalue weighted by Crippen LogP contribution is -2.29. The number of nitrogens with one attached hydrogen (secondary N) is 1. The van der Waals surface area contributed by atoms with E-state index in [2.05, 4.69) is 26.2 Å². The average molecular weight is 418 g/mol. The van der Waals surface area contributed by atoms with Crippen LogP contribution in [0.15, 0.2) is 66.2 Å². The van der Waals surface area contributed by atoms with Gasteiger partial charge in [-0.15, -0.1) is 11.3 Å². The monoisotopic (exact) mass is 417 g/mol. The van der Waals surface area contributed by atoms with E-state index in [-0.39, 0.29) is 5.91 Å². The van der Waals surface area contributed by atoms with Gasteiger partial charge in [0, 0.05) is 36.4 Å². The van der Waals surface area contributed by atoms with Crippen LogP contribution in [0, 0.1) is 0 Å². The summed E-state index contributed by atoms with van der Waals surface area (Å²) < 4.78 is 0. The maximum atomic E-state index is 12.5. The van der Waals surface area contributed by atoms with E-state index in [0.29, 0.717) is 13.0 Å². The number of carbonyl (C=O) groups excluding carboxylic acids is 1. The molecule has 0 bridgehead atoms. The number of hydrogen-bond donors (Lipinski definition) is 1. The van der Waals surface area contributed by atoms with Crippen molar-refractivity contribution in [1.29, 1.82) is 0 Å². The number of aryl methyl sites for hydroxylation is 1. The molecule has 0 aliphatic heterocycles. The van der Waals surface area contributed by atoms with Gasteiger partial charge in [0.1, 0.15) is 5.01 Å². The number of carbonyl (C=O) groups is 1. The lowest BCUT2D eigenvalue weighted by molar-refractivity contribution is -0.129. The van der Waals surface area contributed by atoms with Crippen molar-refractivity contribution >= 4 is 17.2 Å². The topological polar surface area (TPSA) is 74.8 Å². The molecule has 0 aliphatic rings. The van der Waals surface area contributed by atoms with Gasteiger partial charge in [0.2, 0.25) is 5.91 Å². The maximum Gasteiger partial charge on any atom is 0.228 e. The Morgan fingerprint density at radius 3 is 2.73 bits per heavy atom. The van der Waals surface area contributed by atoms with Crippen molar-refractivity contribution < 1.29 is 4.79 Å². The number of aromatic nitrogens is 4. The summed E-state index contributed by atoms with van der Waals surface area (Å²) in [6.07, 6.45) is 3.77. The zero-order valence-electron chi connectivity index (χ0n) is 16.8. The van der Waals surface area contributed by atoms with Crippen LogP contribution in [0.25, 0.3) is 22.0 Å². The molecule has 4 rings (SSSR count). The third kappa shape index (κ3) is 4.99. The minimum atomic E-state index is 0.0717. The SMILES string of the molecule is CN(CCCc1cc(-c2ccccc2)n[nH]1)C(=O)Cc1csc(-c2ccccn2)n1. The molecule has 3 aromatic heterocycles. The number of amides is 1. The Morgan fingerprint density at radius 1 is 1.10 bits per heavy atom. The van der Waals surface area contributed by atoms with Gasteiger partial charge in [-0.3, -0.25) is 14.9 Å². The first kappa shape index (κ1) is 20.0. The molecule has 0 saturated heterocycles. The maximum absolute atomic E-state index is 12.5. The predicted octanol–water partition coefficient (Wildman–Crippen LogP) is 4.23. The van der Waals surface area contributed by atoms with Crippen LogP contribution in [0.2, 0.25) is 0 Å². The summed E-state index contributed by atoms with van der Waals surface area (Å²) in [5, 5.41) is 10.3. The normalized spacial score (nSPS) is 10.8. The highest BCUT2D eigenvalue weighted by Gasteiger charge is 2.13. The van der Waals surface area contributed by atoms with Gasteiger partial charge in [-0.25, -0.2) is 4.98 Å². The van der Waals surface area contributed by atoms with E-state index >= 15 is 0 Å². The summed E-state index contributed by atoms with van der Waals surface area (Å²) in [6, 6.07) is 17.9. The molecule has 0 atom stereocenters. The van der Waals surface area contributed by atoms with Crippen LogP contribution >= 0.6 is 11.3 Å². The van der Waals surface area contributed by atoms with E-state index in [1.165, 1.54) is 11.3 Å². The number of likely N-dealkylation sites (N-methyl/N-ethyl adjacent to an activating group) is 1. The van der Waals surface area contributed by atoms with E-state index < -0.39 is 0 Å². The molecule has 4 aromatic rings. The molecule has 1 aromatic carbocycles. The number of thiazole rings is 1. The van der Waals surface area contributed by atoms with Gasteiger partial charge in [-0.1, -0.05) is 36.4 Å². The van der Waals surface area contributed by atoms with E-state index in [0.717, 1.165) is 46.2 Å². The fraction of sp³-hybridized carbons (Fsp3) is 0.217. The van der Waals surface area contributed by atoms with Crippen molar-refractivity contribution in [3.05, 3.63) is 77.6 Å². The summed E-state index contributed by atoms with van der Waals surface area (Å²) in [6.45, 7) is 0.690. The molecule has 0 spiro atoms. The van der Waals surface area contributed by atoms with Crippen LogP contribution in [0.4, 0.5) is 0 Å². The molecule has 30 heavy (non-hydrogen) atoms. The number of pyridine rings is 1. The molecule has 0 saturated carbocycles. The molecule has 0 radical (unpaired) electrons. The Balaban J connectivity index is 1.25. The lowest BCUT2D eigenvalue weighted by Gasteiger charge is -2.16.